The fourth-order valence-corrected chi connectivity index (χ4v) is 3.36. The Morgan fingerprint density at radius 3 is 2.50 bits per heavy atom. The first-order valence-corrected chi connectivity index (χ1v) is 11.8. The minimum absolute atomic E-state index is 0.146. The molecule has 8 nitrogen and oxygen atoms in total. The third-order valence-electron chi connectivity index (χ3n) is 4.57. The van der Waals surface area contributed by atoms with Crippen molar-refractivity contribution in [2.75, 3.05) is 23.8 Å². The predicted molar refractivity (Wildman–Crippen MR) is 133 cm³/mol. The van der Waals surface area contributed by atoms with Crippen LogP contribution in [0.3, 0.4) is 0 Å². The molecule has 0 saturated carbocycles. The number of esters is 2. The molecule has 34 heavy (non-hydrogen) atoms. The molecule has 2 aromatic carbocycles. The standard InChI is InChI=1S/C24H26BrClN2O6/c1-3-4-10-33-24(32)16-6-5-7-17(12-16)27-21(29)8-9-23(31)34-14-22(30)28-20-13-19(26)18(25)11-15(20)2/h5-7,11-13H,3-4,8-10,14H2,1-2H3,(H,27,29)(H,28,30). The highest BCUT2D eigenvalue weighted by molar-refractivity contribution is 9.10. The lowest BCUT2D eigenvalue weighted by Gasteiger charge is -2.10. The van der Waals surface area contributed by atoms with Gasteiger partial charge in [0.25, 0.3) is 5.91 Å². The molecule has 0 saturated heterocycles. The first-order valence-electron chi connectivity index (χ1n) is 10.7. The van der Waals surface area contributed by atoms with Gasteiger partial charge in [-0.15, -0.1) is 0 Å². The van der Waals surface area contributed by atoms with Crippen molar-refractivity contribution in [2.45, 2.75) is 39.5 Å². The van der Waals surface area contributed by atoms with Crippen molar-refractivity contribution in [3.8, 4) is 0 Å². The fourth-order valence-electron chi connectivity index (χ4n) is 2.74. The molecular formula is C24H26BrClN2O6. The van der Waals surface area contributed by atoms with Crippen molar-refractivity contribution in [3.05, 3.63) is 57.0 Å². The Balaban J connectivity index is 1.75. The Morgan fingerprint density at radius 1 is 1.00 bits per heavy atom. The molecular weight excluding hydrogens is 528 g/mol. The van der Waals surface area contributed by atoms with E-state index in [0.717, 1.165) is 18.4 Å². The zero-order valence-corrected chi connectivity index (χ0v) is 21.3. The van der Waals surface area contributed by atoms with Crippen LogP contribution in [0.5, 0.6) is 0 Å². The summed E-state index contributed by atoms with van der Waals surface area (Å²) in [6, 6.07) is 9.69. The van der Waals surface area contributed by atoms with Crippen molar-refractivity contribution in [3.63, 3.8) is 0 Å². The summed E-state index contributed by atoms with van der Waals surface area (Å²) in [6.07, 6.45) is 1.34. The first kappa shape index (κ1) is 27.3. The van der Waals surface area contributed by atoms with Gasteiger partial charge in [-0.3, -0.25) is 14.4 Å². The maximum Gasteiger partial charge on any atom is 0.338 e. The van der Waals surface area contributed by atoms with E-state index in [-0.39, 0.29) is 12.8 Å². The maximum absolute atomic E-state index is 12.2. The van der Waals surface area contributed by atoms with Gasteiger partial charge in [-0.25, -0.2) is 4.79 Å². The summed E-state index contributed by atoms with van der Waals surface area (Å²) in [6.45, 7) is 3.64. The molecule has 0 bridgehead atoms. The van der Waals surface area contributed by atoms with Gasteiger partial charge in [-0.1, -0.05) is 31.0 Å². The van der Waals surface area contributed by atoms with Gasteiger partial charge >= 0.3 is 11.9 Å². The number of aryl methyl sites for hydroxylation is 1. The molecule has 2 rings (SSSR count). The van der Waals surface area contributed by atoms with Crippen LogP contribution in [0.2, 0.25) is 5.02 Å². The third kappa shape index (κ3) is 9.15. The van der Waals surface area contributed by atoms with Crippen LogP contribution >= 0.6 is 27.5 Å². The van der Waals surface area contributed by atoms with E-state index in [4.69, 9.17) is 21.1 Å². The largest absolute Gasteiger partial charge is 0.462 e. The van der Waals surface area contributed by atoms with Crippen LogP contribution in [0.15, 0.2) is 40.9 Å². The molecule has 0 radical (unpaired) electrons. The Kier molecular flexibility index (Phi) is 11.0. The molecule has 0 atom stereocenters. The average molecular weight is 554 g/mol. The zero-order chi connectivity index (χ0) is 25.1. The number of benzene rings is 2. The lowest BCUT2D eigenvalue weighted by Crippen LogP contribution is -2.22. The summed E-state index contributed by atoms with van der Waals surface area (Å²) in [5.74, 6) is -2.11. The number of hydrogen-bond acceptors (Lipinski definition) is 6. The fraction of sp³-hybridized carbons (Fsp3) is 0.333. The van der Waals surface area contributed by atoms with Gasteiger partial charge < -0.3 is 20.1 Å². The van der Waals surface area contributed by atoms with Crippen molar-refractivity contribution < 1.29 is 28.7 Å². The van der Waals surface area contributed by atoms with E-state index in [1.165, 1.54) is 6.07 Å². The first-order chi connectivity index (χ1) is 16.2. The van der Waals surface area contributed by atoms with Crippen LogP contribution < -0.4 is 10.6 Å². The van der Waals surface area contributed by atoms with Gasteiger partial charge in [0.05, 0.1) is 23.6 Å². The van der Waals surface area contributed by atoms with Crippen molar-refractivity contribution >= 4 is 62.7 Å². The van der Waals surface area contributed by atoms with Crippen LogP contribution in [0, 0.1) is 6.92 Å². The van der Waals surface area contributed by atoms with E-state index >= 15 is 0 Å². The van der Waals surface area contributed by atoms with Crippen molar-refractivity contribution in [2.24, 2.45) is 0 Å². The van der Waals surface area contributed by atoms with Crippen LogP contribution in [-0.2, 0) is 23.9 Å². The second kappa shape index (κ2) is 13.7. The summed E-state index contributed by atoms with van der Waals surface area (Å²) < 4.78 is 10.8. The lowest BCUT2D eigenvalue weighted by molar-refractivity contribution is -0.147. The predicted octanol–water partition coefficient (Wildman–Crippen LogP) is 5.27. The molecule has 0 aromatic heterocycles. The number of unbranched alkanes of at least 4 members (excludes halogenated alkanes) is 1. The molecule has 10 heteroatoms. The highest BCUT2D eigenvalue weighted by Crippen LogP contribution is 2.28. The second-order valence-electron chi connectivity index (χ2n) is 7.41. The summed E-state index contributed by atoms with van der Waals surface area (Å²) in [5.41, 5.74) is 2.02. The second-order valence-corrected chi connectivity index (χ2v) is 8.67. The van der Waals surface area contributed by atoms with Gasteiger partial charge in [0.1, 0.15) is 0 Å². The average Bonchev–Trinajstić information content (AvgIpc) is 2.80. The summed E-state index contributed by atoms with van der Waals surface area (Å²) in [7, 11) is 0. The highest BCUT2D eigenvalue weighted by Gasteiger charge is 2.13. The number of anilines is 2. The number of halogens is 2. The number of carbonyl (C=O) groups excluding carboxylic acids is 4. The Morgan fingerprint density at radius 2 is 1.76 bits per heavy atom. The van der Waals surface area contributed by atoms with Crippen LogP contribution in [-0.4, -0.2) is 37.0 Å². The van der Waals surface area contributed by atoms with E-state index in [9.17, 15) is 19.2 Å². The SMILES string of the molecule is CCCCOC(=O)c1cccc(NC(=O)CCC(=O)OCC(=O)Nc2cc(Cl)c(Br)cc2C)c1. The number of rotatable bonds is 11. The van der Waals surface area contributed by atoms with Crippen LogP contribution in [0.4, 0.5) is 11.4 Å². The normalized spacial score (nSPS) is 10.4. The van der Waals surface area contributed by atoms with Gasteiger partial charge in [-0.2, -0.15) is 0 Å². The van der Waals surface area contributed by atoms with E-state index in [2.05, 4.69) is 26.6 Å². The zero-order valence-electron chi connectivity index (χ0n) is 18.9. The van der Waals surface area contributed by atoms with E-state index < -0.39 is 30.4 Å². The summed E-state index contributed by atoms with van der Waals surface area (Å²) >= 11 is 9.33. The highest BCUT2D eigenvalue weighted by atomic mass is 79.9. The molecule has 2 amide bonds. The number of nitrogens with one attached hydrogen (secondary N) is 2. The summed E-state index contributed by atoms with van der Waals surface area (Å²) in [4.78, 5) is 48.2. The topological polar surface area (TPSA) is 111 Å². The number of hydrogen-bond donors (Lipinski definition) is 2. The Hall–Kier alpha value is -2.91. The van der Waals surface area contributed by atoms with Crippen LogP contribution in [0.25, 0.3) is 0 Å². The van der Waals surface area contributed by atoms with Crippen molar-refractivity contribution in [1.82, 2.24) is 0 Å². The molecule has 0 unspecified atom stereocenters. The smallest absolute Gasteiger partial charge is 0.338 e. The number of amides is 2. The lowest BCUT2D eigenvalue weighted by atomic mass is 10.2. The van der Waals surface area contributed by atoms with E-state index in [0.29, 0.717) is 33.0 Å². The molecule has 0 fully saturated rings. The molecule has 0 aliphatic carbocycles. The molecule has 0 aliphatic rings. The minimum Gasteiger partial charge on any atom is -0.462 e. The number of carbonyl (C=O) groups is 4. The molecule has 0 spiro atoms. The maximum atomic E-state index is 12.2. The minimum atomic E-state index is -0.691. The quantitative estimate of drug-likeness (QED) is 0.290. The third-order valence-corrected chi connectivity index (χ3v) is 5.77. The summed E-state index contributed by atoms with van der Waals surface area (Å²) in [5, 5.41) is 5.68. The van der Waals surface area contributed by atoms with E-state index in [1.54, 1.807) is 37.3 Å². The molecule has 2 N–H and O–H groups in total. The van der Waals surface area contributed by atoms with Gasteiger partial charge in [0.2, 0.25) is 5.91 Å². The molecule has 182 valence electrons. The molecule has 0 aliphatic heterocycles. The Bertz CT molecular complexity index is 1060. The van der Waals surface area contributed by atoms with Crippen LogP contribution in [0.1, 0.15) is 48.5 Å². The van der Waals surface area contributed by atoms with Crippen molar-refractivity contribution in [1.29, 1.82) is 0 Å². The van der Waals surface area contributed by atoms with Gasteiger partial charge in [0, 0.05) is 22.3 Å². The van der Waals surface area contributed by atoms with Gasteiger partial charge in [0.15, 0.2) is 6.61 Å². The van der Waals surface area contributed by atoms with E-state index in [1.807, 2.05) is 6.92 Å². The molecule has 0 heterocycles. The monoisotopic (exact) mass is 552 g/mol. The van der Waals surface area contributed by atoms with Gasteiger partial charge in [-0.05, 0) is 65.2 Å². The number of ether oxygens (including phenoxy) is 2. The Labute approximate surface area is 211 Å². The molecule has 2 aromatic rings.